The predicted molar refractivity (Wildman–Crippen MR) is 268 cm³/mol. The molecule has 8 aromatic rings. The second-order valence-corrected chi connectivity index (χ2v) is 22.4. The minimum atomic E-state index is 0.209. The number of fused-ring (bicyclic) bond motifs is 7. The molecule has 7 saturated carbocycles. The van der Waals surface area contributed by atoms with Gasteiger partial charge < -0.3 is 4.98 Å². The van der Waals surface area contributed by atoms with Crippen molar-refractivity contribution in [1.29, 1.82) is 0 Å². The van der Waals surface area contributed by atoms with E-state index in [1.54, 1.807) is 16.7 Å². The lowest BCUT2D eigenvalue weighted by Crippen LogP contribution is -2.40. The molecule has 7 unspecified atom stereocenters. The van der Waals surface area contributed by atoms with Crippen molar-refractivity contribution < 1.29 is 0 Å². The minimum Gasteiger partial charge on any atom is -0.355 e. The largest absolute Gasteiger partial charge is 0.355 e. The summed E-state index contributed by atoms with van der Waals surface area (Å²) >= 11 is 0. The first-order valence-corrected chi connectivity index (χ1v) is 25.7. The van der Waals surface area contributed by atoms with E-state index in [2.05, 4.69) is 163 Å². The van der Waals surface area contributed by atoms with Crippen LogP contribution >= 0.6 is 0 Å². The molecule has 1 heteroatoms. The number of aromatic amines is 1. The molecule has 65 heavy (non-hydrogen) atoms. The molecule has 8 aliphatic rings. The first-order chi connectivity index (χ1) is 32.1. The summed E-state index contributed by atoms with van der Waals surface area (Å²) in [5.41, 5.74) is 20.5. The summed E-state index contributed by atoms with van der Waals surface area (Å²) in [5.74, 6) is 8.30. The number of hydrogen-bond acceptors (Lipinski definition) is 0. The number of H-pyrrole nitrogens is 1. The molecule has 7 aromatic carbocycles. The van der Waals surface area contributed by atoms with Crippen LogP contribution in [-0.2, 0) is 11.8 Å². The smallest absolute Gasteiger partial charge is 0.0465 e. The summed E-state index contributed by atoms with van der Waals surface area (Å²) in [7, 11) is 0. The fourth-order valence-electron chi connectivity index (χ4n) is 17.1. The van der Waals surface area contributed by atoms with Gasteiger partial charge in [-0.3, -0.25) is 0 Å². The number of aryl methyl sites for hydroxylation is 1. The monoisotopic (exact) mass is 841 g/mol. The SMILES string of the molecule is c1ccc(-c2ccc(-c3ccc4[nH]c5ccc(CCC(c6ccccc6)c6ccc7c(c6)C6(c8ccccc8-7)C7CC8CC(C7)C6C8)cc5c4c3)cc2[C@@H]2CCC3C[C@@H]4C[C@@H]2C[C@H]34)cc1. The van der Waals surface area contributed by atoms with Gasteiger partial charge in [-0.1, -0.05) is 133 Å². The number of benzene rings is 7. The van der Waals surface area contributed by atoms with E-state index < -0.39 is 0 Å². The molecule has 1 spiro atoms. The van der Waals surface area contributed by atoms with Gasteiger partial charge in [-0.2, -0.15) is 0 Å². The van der Waals surface area contributed by atoms with Crippen molar-refractivity contribution in [3.05, 3.63) is 191 Å². The lowest BCUT2D eigenvalue weighted by atomic mass is 9.59. The van der Waals surface area contributed by atoms with Crippen LogP contribution in [-0.4, -0.2) is 4.98 Å². The van der Waals surface area contributed by atoms with Crippen LogP contribution in [0.2, 0.25) is 0 Å². The molecule has 6 bridgehead atoms. The normalized spacial score (nSPS) is 30.2. The number of aromatic nitrogens is 1. The van der Waals surface area contributed by atoms with Crippen molar-refractivity contribution in [2.24, 2.45) is 47.3 Å². The van der Waals surface area contributed by atoms with Crippen molar-refractivity contribution in [3.8, 4) is 33.4 Å². The lowest BCUT2D eigenvalue weighted by molar-refractivity contribution is 0.0908. The van der Waals surface area contributed by atoms with E-state index in [1.807, 2.05) is 0 Å². The molecule has 7 fully saturated rings. The van der Waals surface area contributed by atoms with E-state index in [1.165, 1.54) is 130 Å². The molecule has 16 rings (SSSR count). The number of nitrogens with one attached hydrogen (secondary N) is 1. The minimum absolute atomic E-state index is 0.209. The summed E-state index contributed by atoms with van der Waals surface area (Å²) in [5, 5.41) is 2.68. The van der Waals surface area contributed by atoms with Gasteiger partial charge in [0.2, 0.25) is 0 Å². The maximum Gasteiger partial charge on any atom is 0.0465 e. The third-order valence-electron chi connectivity index (χ3n) is 19.7. The third-order valence-corrected chi connectivity index (χ3v) is 19.7. The van der Waals surface area contributed by atoms with Crippen LogP contribution in [0.1, 0.15) is 109 Å². The standard InChI is InChI=1S/C64H59N/c1-3-9-40(10-4-1)50(45-19-24-54-53-13-7-8-14-59(53)64(61(54)37-45)49-28-39-27-48(33-49)60(64)30-39)21-15-38-16-25-62-57(29-38)58-35-43(20-26-63(58)65-62)42-17-22-51(41-11-5-2-6-12-41)56(34-42)52-23-18-44-31-46-32-47(52)36-55(44)46/h1-14,16-17,19-20,22,24-26,29,34-35,37,39,44,46-50,52,55,60,65H,15,18,21,23,27-28,30-33,36H2/t39?,44?,46-,47-,48?,49?,50?,52-,55-,60?,64?/m1/s1. The predicted octanol–water partition coefficient (Wildman–Crippen LogP) is 16.3. The van der Waals surface area contributed by atoms with Gasteiger partial charge in [0.25, 0.3) is 0 Å². The third kappa shape index (κ3) is 5.51. The Morgan fingerprint density at radius 3 is 2.14 bits per heavy atom. The number of hydrogen-bond donors (Lipinski definition) is 1. The average molecular weight is 842 g/mol. The average Bonchev–Trinajstić information content (AvgIpc) is 4.08. The summed E-state index contributed by atoms with van der Waals surface area (Å²) in [6.45, 7) is 0. The lowest BCUT2D eigenvalue weighted by Gasteiger charge is -2.44. The van der Waals surface area contributed by atoms with Crippen LogP contribution in [0, 0.1) is 47.3 Å². The van der Waals surface area contributed by atoms with Crippen molar-refractivity contribution in [3.63, 3.8) is 0 Å². The van der Waals surface area contributed by atoms with Gasteiger partial charge in [0.1, 0.15) is 0 Å². The molecule has 1 nitrogen and oxygen atoms in total. The molecule has 0 aliphatic heterocycles. The summed E-state index contributed by atoms with van der Waals surface area (Å²) in [6, 6.07) is 61.9. The Bertz CT molecular complexity index is 3170. The summed E-state index contributed by atoms with van der Waals surface area (Å²) in [6.07, 6.45) is 15.1. The maximum atomic E-state index is 3.81. The van der Waals surface area contributed by atoms with Crippen molar-refractivity contribution in [1.82, 2.24) is 4.98 Å². The Balaban J connectivity index is 0.774. The van der Waals surface area contributed by atoms with Gasteiger partial charge >= 0.3 is 0 Å². The molecule has 0 amide bonds. The van der Waals surface area contributed by atoms with E-state index in [0.717, 1.165) is 60.2 Å². The van der Waals surface area contributed by atoms with Gasteiger partial charge in [-0.05, 0) is 215 Å². The molecule has 1 aromatic heterocycles. The Labute approximate surface area is 384 Å². The molecule has 1 heterocycles. The summed E-state index contributed by atoms with van der Waals surface area (Å²) < 4.78 is 0. The van der Waals surface area contributed by atoms with E-state index in [9.17, 15) is 0 Å². The second kappa shape index (κ2) is 14.2. The Morgan fingerprint density at radius 2 is 1.25 bits per heavy atom. The zero-order chi connectivity index (χ0) is 42.4. The highest BCUT2D eigenvalue weighted by Gasteiger charge is 2.66. The fraction of sp³-hybridized carbons (Fsp3) is 0.344. The van der Waals surface area contributed by atoms with E-state index >= 15 is 0 Å². The molecule has 1 N–H and O–H groups in total. The van der Waals surface area contributed by atoms with Crippen LogP contribution in [0.4, 0.5) is 0 Å². The van der Waals surface area contributed by atoms with Crippen LogP contribution < -0.4 is 0 Å². The zero-order valence-corrected chi connectivity index (χ0v) is 37.6. The van der Waals surface area contributed by atoms with Gasteiger partial charge in [-0.15, -0.1) is 0 Å². The van der Waals surface area contributed by atoms with Crippen LogP contribution in [0.15, 0.2) is 158 Å². The van der Waals surface area contributed by atoms with Crippen LogP contribution in [0.25, 0.3) is 55.2 Å². The maximum absolute atomic E-state index is 3.81. The first-order valence-electron chi connectivity index (χ1n) is 25.7. The van der Waals surface area contributed by atoms with E-state index in [-0.39, 0.29) is 5.41 Å². The molecular weight excluding hydrogens is 783 g/mol. The van der Waals surface area contributed by atoms with Gasteiger partial charge in [-0.25, -0.2) is 0 Å². The van der Waals surface area contributed by atoms with Gasteiger partial charge in [0.05, 0.1) is 0 Å². The fourth-order valence-corrected chi connectivity index (χ4v) is 17.1. The molecule has 320 valence electrons. The Hall–Kier alpha value is -5.66. The quantitative estimate of drug-likeness (QED) is 0.157. The molecule has 11 atom stereocenters. The van der Waals surface area contributed by atoms with Gasteiger partial charge in [0, 0.05) is 33.1 Å². The molecule has 0 saturated heterocycles. The van der Waals surface area contributed by atoms with Gasteiger partial charge in [0.15, 0.2) is 0 Å². The zero-order valence-electron chi connectivity index (χ0n) is 37.6. The Morgan fingerprint density at radius 1 is 0.492 bits per heavy atom. The van der Waals surface area contributed by atoms with Crippen molar-refractivity contribution in [2.45, 2.75) is 87.9 Å². The number of rotatable bonds is 8. The molecule has 0 radical (unpaired) electrons. The van der Waals surface area contributed by atoms with Crippen LogP contribution in [0.5, 0.6) is 0 Å². The topological polar surface area (TPSA) is 15.8 Å². The molecule has 8 aliphatic carbocycles. The van der Waals surface area contributed by atoms with Crippen molar-refractivity contribution >= 4 is 21.8 Å². The second-order valence-electron chi connectivity index (χ2n) is 22.4. The highest BCUT2D eigenvalue weighted by Crippen LogP contribution is 2.73. The van der Waals surface area contributed by atoms with Crippen LogP contribution in [0.3, 0.4) is 0 Å². The summed E-state index contributed by atoms with van der Waals surface area (Å²) in [4.78, 5) is 3.81. The highest BCUT2D eigenvalue weighted by molar-refractivity contribution is 6.08. The van der Waals surface area contributed by atoms with E-state index in [0.29, 0.717) is 11.8 Å². The van der Waals surface area contributed by atoms with Crippen molar-refractivity contribution in [2.75, 3.05) is 0 Å². The highest BCUT2D eigenvalue weighted by atomic mass is 14.7. The Kier molecular flexibility index (Phi) is 8.19. The van der Waals surface area contributed by atoms with E-state index in [4.69, 9.17) is 0 Å². The molecular formula is C64H59N. The first kappa shape index (κ1) is 37.5.